The van der Waals surface area contributed by atoms with Gasteiger partial charge in [0, 0.05) is 31.7 Å². The van der Waals surface area contributed by atoms with Crippen LogP contribution in [-0.2, 0) is 4.74 Å². The summed E-state index contributed by atoms with van der Waals surface area (Å²) in [6.07, 6.45) is 7.55. The molecule has 118 valence electrons. The summed E-state index contributed by atoms with van der Waals surface area (Å²) >= 11 is 0. The van der Waals surface area contributed by atoms with Crippen LogP contribution >= 0.6 is 0 Å². The minimum absolute atomic E-state index is 0.199. The van der Waals surface area contributed by atoms with Crippen molar-refractivity contribution in [2.45, 2.75) is 45.1 Å². The number of aromatic nitrogens is 2. The molecule has 1 amide bonds. The van der Waals surface area contributed by atoms with Crippen LogP contribution in [0.4, 0.5) is 4.79 Å². The second-order valence-electron chi connectivity index (χ2n) is 6.89. The first-order valence-electron chi connectivity index (χ1n) is 7.83. The van der Waals surface area contributed by atoms with Gasteiger partial charge in [0.25, 0.3) is 0 Å². The summed E-state index contributed by atoms with van der Waals surface area (Å²) in [6.45, 7) is 7.20. The summed E-state index contributed by atoms with van der Waals surface area (Å²) in [5.41, 5.74) is 1.86. The van der Waals surface area contributed by atoms with Crippen LogP contribution in [0.5, 0.6) is 0 Å². The normalized spacial score (nSPS) is 17.0. The van der Waals surface area contributed by atoms with E-state index in [1.165, 1.54) is 5.56 Å². The topological polar surface area (TPSA) is 46.8 Å². The number of pyridine rings is 1. The van der Waals surface area contributed by atoms with Crippen LogP contribution in [0.25, 0.3) is 5.65 Å². The van der Waals surface area contributed by atoms with Crippen LogP contribution in [-0.4, -0.2) is 39.1 Å². The first-order valence-corrected chi connectivity index (χ1v) is 7.83. The number of ether oxygens (including phenoxy) is 1. The zero-order valence-corrected chi connectivity index (χ0v) is 13.5. The second kappa shape index (κ2) is 5.63. The molecule has 1 saturated heterocycles. The summed E-state index contributed by atoms with van der Waals surface area (Å²) in [7, 11) is 0. The van der Waals surface area contributed by atoms with Crippen LogP contribution < -0.4 is 0 Å². The Morgan fingerprint density at radius 3 is 2.68 bits per heavy atom. The molecule has 0 atom stereocenters. The molecule has 3 heterocycles. The Bertz CT molecular complexity index is 664. The van der Waals surface area contributed by atoms with E-state index in [1.807, 2.05) is 42.5 Å². The highest BCUT2D eigenvalue weighted by Crippen LogP contribution is 2.29. The lowest BCUT2D eigenvalue weighted by Gasteiger charge is -2.33. The van der Waals surface area contributed by atoms with E-state index >= 15 is 0 Å². The van der Waals surface area contributed by atoms with Gasteiger partial charge >= 0.3 is 6.09 Å². The standard InChI is InChI=1S/C17H23N3O2/c1-17(2,3)22-16(21)20-9-4-13(5-10-20)14-6-8-19-11-7-18-15(19)12-14/h6-8,11-13H,4-5,9-10H2,1-3H3. The third-order valence-corrected chi connectivity index (χ3v) is 4.04. The molecule has 3 rings (SSSR count). The summed E-state index contributed by atoms with van der Waals surface area (Å²) in [6, 6.07) is 4.30. The Morgan fingerprint density at radius 2 is 2.00 bits per heavy atom. The van der Waals surface area contributed by atoms with Crippen molar-refractivity contribution in [3.8, 4) is 0 Å². The predicted molar refractivity (Wildman–Crippen MR) is 85.0 cm³/mol. The average molecular weight is 301 g/mol. The van der Waals surface area contributed by atoms with E-state index in [-0.39, 0.29) is 6.09 Å². The van der Waals surface area contributed by atoms with E-state index in [0.717, 1.165) is 31.6 Å². The van der Waals surface area contributed by atoms with E-state index in [2.05, 4.69) is 23.3 Å². The summed E-state index contributed by atoms with van der Waals surface area (Å²) in [4.78, 5) is 18.2. The van der Waals surface area contributed by atoms with Crippen molar-refractivity contribution >= 4 is 11.7 Å². The minimum atomic E-state index is -0.431. The zero-order chi connectivity index (χ0) is 15.7. The van der Waals surface area contributed by atoms with Gasteiger partial charge in [-0.15, -0.1) is 0 Å². The molecule has 5 heteroatoms. The average Bonchev–Trinajstić information content (AvgIpc) is 2.93. The van der Waals surface area contributed by atoms with Crippen molar-refractivity contribution in [1.82, 2.24) is 14.3 Å². The van der Waals surface area contributed by atoms with Gasteiger partial charge in [0.1, 0.15) is 11.2 Å². The molecule has 0 spiro atoms. The molecule has 2 aromatic rings. The van der Waals surface area contributed by atoms with Crippen molar-refractivity contribution in [3.63, 3.8) is 0 Å². The maximum Gasteiger partial charge on any atom is 0.410 e. The highest BCUT2D eigenvalue weighted by atomic mass is 16.6. The molecule has 5 nitrogen and oxygen atoms in total. The fourth-order valence-electron chi connectivity index (χ4n) is 2.90. The first kappa shape index (κ1) is 14.9. The fourth-order valence-corrected chi connectivity index (χ4v) is 2.90. The number of hydrogen-bond donors (Lipinski definition) is 0. The van der Waals surface area contributed by atoms with E-state index < -0.39 is 5.60 Å². The molecular weight excluding hydrogens is 278 g/mol. The number of likely N-dealkylation sites (tertiary alicyclic amines) is 1. The molecule has 0 N–H and O–H groups in total. The lowest BCUT2D eigenvalue weighted by Crippen LogP contribution is -2.41. The van der Waals surface area contributed by atoms with Crippen LogP contribution in [0.1, 0.15) is 45.1 Å². The highest BCUT2D eigenvalue weighted by Gasteiger charge is 2.27. The molecule has 1 aliphatic heterocycles. The van der Waals surface area contributed by atoms with Gasteiger partial charge in [-0.2, -0.15) is 0 Å². The van der Waals surface area contributed by atoms with Gasteiger partial charge in [0.2, 0.25) is 0 Å². The fraction of sp³-hybridized carbons (Fsp3) is 0.529. The summed E-state index contributed by atoms with van der Waals surface area (Å²) in [5.74, 6) is 0.486. The van der Waals surface area contributed by atoms with E-state index in [0.29, 0.717) is 5.92 Å². The van der Waals surface area contributed by atoms with Gasteiger partial charge in [-0.25, -0.2) is 9.78 Å². The Kier molecular flexibility index (Phi) is 3.81. The number of carbonyl (C=O) groups is 1. The molecule has 2 aromatic heterocycles. The van der Waals surface area contributed by atoms with E-state index in [1.54, 1.807) is 0 Å². The molecular formula is C17H23N3O2. The van der Waals surface area contributed by atoms with E-state index in [4.69, 9.17) is 4.74 Å². The smallest absolute Gasteiger partial charge is 0.410 e. The Hall–Kier alpha value is -2.04. The first-order chi connectivity index (χ1) is 10.4. The molecule has 0 saturated carbocycles. The number of fused-ring (bicyclic) bond motifs is 1. The van der Waals surface area contributed by atoms with Gasteiger partial charge in [0.05, 0.1) is 0 Å². The van der Waals surface area contributed by atoms with Crippen LogP contribution in [0, 0.1) is 0 Å². The van der Waals surface area contributed by atoms with Gasteiger partial charge < -0.3 is 14.0 Å². The zero-order valence-electron chi connectivity index (χ0n) is 13.5. The lowest BCUT2D eigenvalue weighted by molar-refractivity contribution is 0.0205. The third kappa shape index (κ3) is 3.24. The number of imidazole rings is 1. The predicted octanol–water partition coefficient (Wildman–Crippen LogP) is 3.45. The van der Waals surface area contributed by atoms with Crippen molar-refractivity contribution in [2.24, 2.45) is 0 Å². The summed E-state index contributed by atoms with van der Waals surface area (Å²) in [5, 5.41) is 0. The van der Waals surface area contributed by atoms with Crippen molar-refractivity contribution in [1.29, 1.82) is 0 Å². The van der Waals surface area contributed by atoms with Crippen LogP contribution in [0.3, 0.4) is 0 Å². The molecule has 1 aliphatic rings. The molecule has 0 aromatic carbocycles. The second-order valence-corrected chi connectivity index (χ2v) is 6.89. The minimum Gasteiger partial charge on any atom is -0.444 e. The van der Waals surface area contributed by atoms with E-state index in [9.17, 15) is 4.79 Å². The maximum atomic E-state index is 12.1. The van der Waals surface area contributed by atoms with Gasteiger partial charge in [-0.05, 0) is 57.2 Å². The van der Waals surface area contributed by atoms with Crippen molar-refractivity contribution in [2.75, 3.05) is 13.1 Å². The van der Waals surface area contributed by atoms with Gasteiger partial charge in [-0.3, -0.25) is 0 Å². The number of rotatable bonds is 1. The quantitative estimate of drug-likeness (QED) is 0.810. The number of nitrogens with zero attached hydrogens (tertiary/aromatic N) is 3. The maximum absolute atomic E-state index is 12.1. The highest BCUT2D eigenvalue weighted by molar-refractivity contribution is 5.68. The number of hydrogen-bond acceptors (Lipinski definition) is 3. The number of piperidine rings is 1. The number of carbonyl (C=O) groups excluding carboxylic acids is 1. The van der Waals surface area contributed by atoms with Gasteiger partial charge in [-0.1, -0.05) is 0 Å². The SMILES string of the molecule is CC(C)(C)OC(=O)N1CCC(c2ccn3ccnc3c2)CC1. The molecule has 0 aliphatic carbocycles. The number of amides is 1. The largest absolute Gasteiger partial charge is 0.444 e. The van der Waals surface area contributed by atoms with Crippen molar-refractivity contribution < 1.29 is 9.53 Å². The Labute approximate surface area is 130 Å². The molecule has 0 unspecified atom stereocenters. The van der Waals surface area contributed by atoms with Crippen LogP contribution in [0.2, 0.25) is 0 Å². The molecule has 0 bridgehead atoms. The van der Waals surface area contributed by atoms with Crippen molar-refractivity contribution in [3.05, 3.63) is 36.3 Å². The van der Waals surface area contributed by atoms with Crippen LogP contribution in [0.15, 0.2) is 30.7 Å². The third-order valence-electron chi connectivity index (χ3n) is 4.04. The molecule has 1 fully saturated rings. The monoisotopic (exact) mass is 301 g/mol. The molecule has 0 radical (unpaired) electrons. The lowest BCUT2D eigenvalue weighted by atomic mass is 9.90. The van der Waals surface area contributed by atoms with Gasteiger partial charge in [0.15, 0.2) is 0 Å². The Morgan fingerprint density at radius 1 is 1.27 bits per heavy atom. The Balaban J connectivity index is 1.62. The summed E-state index contributed by atoms with van der Waals surface area (Å²) < 4.78 is 7.45. The molecule has 22 heavy (non-hydrogen) atoms.